The third kappa shape index (κ3) is 3.98. The largest absolute Gasteiger partial charge is 0.333 e. The van der Waals surface area contributed by atoms with Crippen LogP contribution in [0.1, 0.15) is 11.1 Å². The number of aryl methyl sites for hydroxylation is 1. The number of nitrogens with zero attached hydrogens (tertiary/aromatic N) is 2. The van der Waals surface area contributed by atoms with Crippen LogP contribution in [0.15, 0.2) is 58.8 Å². The molecule has 1 heterocycles. The van der Waals surface area contributed by atoms with E-state index in [-0.39, 0.29) is 11.7 Å². The van der Waals surface area contributed by atoms with Gasteiger partial charge in [-0.05, 0) is 30.2 Å². The topological polar surface area (TPSA) is 70.1 Å². The standard InChI is InChI=1S/C17H16N4OS/c1-12-6-2-3-7-13(12)10-18-21-16(22)11-23-17-19-14-8-4-5-9-15(14)20-17/h2-10H,11H2,1H3,(H,19,20)(H,21,22)/b18-10-. The van der Waals surface area contributed by atoms with Gasteiger partial charge in [0.1, 0.15) is 0 Å². The fourth-order valence-electron chi connectivity index (χ4n) is 2.07. The van der Waals surface area contributed by atoms with Crippen molar-refractivity contribution in [2.45, 2.75) is 12.1 Å². The summed E-state index contributed by atoms with van der Waals surface area (Å²) in [6.07, 6.45) is 1.65. The molecule has 0 aliphatic carbocycles. The molecule has 0 spiro atoms. The number of carbonyl (C=O) groups is 1. The molecule has 0 fully saturated rings. The molecule has 1 aromatic heterocycles. The number of fused-ring (bicyclic) bond motifs is 1. The van der Waals surface area contributed by atoms with Crippen molar-refractivity contribution in [2.24, 2.45) is 5.10 Å². The summed E-state index contributed by atoms with van der Waals surface area (Å²) in [6.45, 7) is 2.00. The number of thioether (sulfide) groups is 1. The van der Waals surface area contributed by atoms with E-state index in [1.807, 2.05) is 55.5 Å². The van der Waals surface area contributed by atoms with Crippen LogP contribution in [0, 0.1) is 6.92 Å². The van der Waals surface area contributed by atoms with E-state index in [4.69, 9.17) is 0 Å². The van der Waals surface area contributed by atoms with Crippen molar-refractivity contribution in [2.75, 3.05) is 5.75 Å². The molecule has 0 atom stereocenters. The van der Waals surface area contributed by atoms with Gasteiger partial charge in [-0.3, -0.25) is 4.79 Å². The molecule has 3 aromatic rings. The number of aromatic nitrogens is 2. The Kier molecular flexibility index (Phi) is 4.73. The zero-order valence-electron chi connectivity index (χ0n) is 12.6. The maximum atomic E-state index is 11.8. The van der Waals surface area contributed by atoms with Gasteiger partial charge in [-0.2, -0.15) is 5.10 Å². The monoisotopic (exact) mass is 324 g/mol. The van der Waals surface area contributed by atoms with Crippen LogP contribution in [-0.2, 0) is 4.79 Å². The van der Waals surface area contributed by atoms with Crippen LogP contribution in [0.4, 0.5) is 0 Å². The number of nitrogens with one attached hydrogen (secondary N) is 2. The fraction of sp³-hybridized carbons (Fsp3) is 0.118. The molecule has 0 bridgehead atoms. The van der Waals surface area contributed by atoms with Gasteiger partial charge in [0, 0.05) is 0 Å². The molecular formula is C17H16N4OS. The highest BCUT2D eigenvalue weighted by Crippen LogP contribution is 2.18. The number of rotatable bonds is 5. The van der Waals surface area contributed by atoms with Crippen molar-refractivity contribution in [3.05, 3.63) is 59.7 Å². The van der Waals surface area contributed by atoms with Crippen molar-refractivity contribution < 1.29 is 4.79 Å². The average molecular weight is 324 g/mol. The maximum Gasteiger partial charge on any atom is 0.250 e. The number of H-pyrrole nitrogens is 1. The molecule has 6 heteroatoms. The normalized spacial score (nSPS) is 11.2. The van der Waals surface area contributed by atoms with E-state index in [2.05, 4.69) is 20.5 Å². The van der Waals surface area contributed by atoms with Gasteiger partial charge < -0.3 is 4.98 Å². The van der Waals surface area contributed by atoms with E-state index >= 15 is 0 Å². The predicted molar refractivity (Wildman–Crippen MR) is 93.7 cm³/mol. The number of hydrogen-bond acceptors (Lipinski definition) is 4. The number of benzene rings is 2. The number of imidazole rings is 1. The molecule has 3 rings (SSSR count). The molecule has 0 unspecified atom stereocenters. The Bertz CT molecular complexity index is 823. The molecule has 2 aromatic carbocycles. The third-order valence-electron chi connectivity index (χ3n) is 3.29. The number of aromatic amines is 1. The summed E-state index contributed by atoms with van der Waals surface area (Å²) in [5.74, 6) is 0.0885. The second-order valence-corrected chi connectivity index (χ2v) is 5.96. The molecule has 23 heavy (non-hydrogen) atoms. The van der Waals surface area contributed by atoms with Crippen molar-refractivity contribution in [1.82, 2.24) is 15.4 Å². The lowest BCUT2D eigenvalue weighted by Gasteiger charge is -1.99. The first-order valence-corrected chi connectivity index (χ1v) is 8.16. The molecule has 0 aliphatic heterocycles. The van der Waals surface area contributed by atoms with Crippen LogP contribution in [0.3, 0.4) is 0 Å². The first-order valence-electron chi connectivity index (χ1n) is 7.17. The second-order valence-electron chi connectivity index (χ2n) is 5.00. The SMILES string of the molecule is Cc1ccccc1/C=N\NC(=O)CSc1nc2ccccc2[nH]1. The summed E-state index contributed by atoms with van der Waals surface area (Å²) in [5, 5.41) is 4.72. The van der Waals surface area contributed by atoms with Crippen LogP contribution in [0.5, 0.6) is 0 Å². The van der Waals surface area contributed by atoms with Crippen LogP contribution < -0.4 is 5.43 Å². The van der Waals surface area contributed by atoms with Crippen LogP contribution >= 0.6 is 11.8 Å². The van der Waals surface area contributed by atoms with Crippen molar-refractivity contribution in [1.29, 1.82) is 0 Å². The highest BCUT2D eigenvalue weighted by atomic mass is 32.2. The van der Waals surface area contributed by atoms with E-state index in [0.29, 0.717) is 0 Å². The Hall–Kier alpha value is -2.60. The summed E-state index contributed by atoms with van der Waals surface area (Å²) >= 11 is 1.35. The minimum atomic E-state index is -0.166. The average Bonchev–Trinajstić information content (AvgIpc) is 2.98. The summed E-state index contributed by atoms with van der Waals surface area (Å²) in [6, 6.07) is 15.6. The summed E-state index contributed by atoms with van der Waals surface area (Å²) in [7, 11) is 0. The zero-order valence-corrected chi connectivity index (χ0v) is 13.4. The lowest BCUT2D eigenvalue weighted by atomic mass is 10.1. The summed E-state index contributed by atoms with van der Waals surface area (Å²) < 4.78 is 0. The van der Waals surface area contributed by atoms with Crippen molar-refractivity contribution in [3.63, 3.8) is 0 Å². The number of hydrazone groups is 1. The fourth-order valence-corrected chi connectivity index (χ4v) is 2.75. The van der Waals surface area contributed by atoms with E-state index < -0.39 is 0 Å². The van der Waals surface area contributed by atoms with Gasteiger partial charge in [0.15, 0.2) is 5.16 Å². The Morgan fingerprint density at radius 1 is 1.26 bits per heavy atom. The van der Waals surface area contributed by atoms with Gasteiger partial charge in [-0.25, -0.2) is 10.4 Å². The van der Waals surface area contributed by atoms with Crippen LogP contribution in [0.2, 0.25) is 0 Å². The van der Waals surface area contributed by atoms with Gasteiger partial charge in [-0.15, -0.1) is 0 Å². The Morgan fingerprint density at radius 3 is 2.87 bits per heavy atom. The molecular weight excluding hydrogens is 308 g/mol. The van der Waals surface area contributed by atoms with Crippen molar-refractivity contribution >= 4 is 34.9 Å². The maximum absolute atomic E-state index is 11.8. The first kappa shape index (κ1) is 15.3. The highest BCUT2D eigenvalue weighted by Gasteiger charge is 2.06. The molecule has 0 saturated carbocycles. The summed E-state index contributed by atoms with van der Waals surface area (Å²) in [5.41, 5.74) is 6.49. The van der Waals surface area contributed by atoms with Gasteiger partial charge in [-0.1, -0.05) is 48.2 Å². The minimum absolute atomic E-state index is 0.166. The highest BCUT2D eigenvalue weighted by molar-refractivity contribution is 7.99. The molecule has 0 saturated heterocycles. The van der Waals surface area contributed by atoms with Crippen LogP contribution in [-0.4, -0.2) is 27.8 Å². The minimum Gasteiger partial charge on any atom is -0.333 e. The Labute approximate surface area is 138 Å². The number of hydrogen-bond donors (Lipinski definition) is 2. The zero-order chi connectivity index (χ0) is 16.1. The van der Waals surface area contributed by atoms with Gasteiger partial charge in [0.05, 0.1) is 23.0 Å². The Morgan fingerprint density at radius 2 is 2.04 bits per heavy atom. The van der Waals surface area contributed by atoms with Gasteiger partial charge in [0.25, 0.3) is 5.91 Å². The third-order valence-corrected chi connectivity index (χ3v) is 4.16. The molecule has 1 amide bonds. The molecule has 5 nitrogen and oxygen atoms in total. The van der Waals surface area contributed by atoms with E-state index in [0.717, 1.165) is 27.3 Å². The lowest BCUT2D eigenvalue weighted by molar-refractivity contribution is -0.118. The van der Waals surface area contributed by atoms with E-state index in [1.54, 1.807) is 6.21 Å². The summed E-state index contributed by atoms with van der Waals surface area (Å²) in [4.78, 5) is 19.4. The van der Waals surface area contributed by atoms with Gasteiger partial charge in [0.2, 0.25) is 0 Å². The van der Waals surface area contributed by atoms with Gasteiger partial charge >= 0.3 is 0 Å². The molecule has 2 N–H and O–H groups in total. The number of para-hydroxylation sites is 2. The number of carbonyl (C=O) groups excluding carboxylic acids is 1. The predicted octanol–water partition coefficient (Wildman–Crippen LogP) is 3.11. The number of amides is 1. The van der Waals surface area contributed by atoms with E-state index in [9.17, 15) is 4.79 Å². The molecule has 0 aliphatic rings. The second kappa shape index (κ2) is 7.11. The molecule has 0 radical (unpaired) electrons. The van der Waals surface area contributed by atoms with Crippen molar-refractivity contribution in [3.8, 4) is 0 Å². The quantitative estimate of drug-likeness (QED) is 0.430. The smallest absolute Gasteiger partial charge is 0.250 e. The van der Waals surface area contributed by atoms with E-state index in [1.165, 1.54) is 11.8 Å². The Balaban J connectivity index is 1.52. The lowest BCUT2D eigenvalue weighted by Crippen LogP contribution is -2.19. The molecule has 116 valence electrons. The first-order chi connectivity index (χ1) is 11.2. The van der Waals surface area contributed by atoms with Crippen LogP contribution in [0.25, 0.3) is 11.0 Å².